The summed E-state index contributed by atoms with van der Waals surface area (Å²) in [6.45, 7) is 4.64. The van der Waals surface area contributed by atoms with E-state index < -0.39 is 5.97 Å². The number of rotatable bonds is 6. The number of carbonyl (C=O) groups is 1. The van der Waals surface area contributed by atoms with Crippen molar-refractivity contribution in [2.45, 2.75) is 57.5 Å². The Hall–Kier alpha value is -2.21. The summed E-state index contributed by atoms with van der Waals surface area (Å²) in [5.41, 5.74) is 0.959. The van der Waals surface area contributed by atoms with Crippen LogP contribution in [0.4, 0.5) is 0 Å². The first kappa shape index (κ1) is 16.6. The lowest BCUT2D eigenvalue weighted by Crippen LogP contribution is -2.40. The fraction of sp³-hybridized carbons (Fsp3) is 0.500. The Balaban J connectivity index is 1.79. The van der Waals surface area contributed by atoms with E-state index >= 15 is 0 Å². The van der Waals surface area contributed by atoms with Crippen molar-refractivity contribution in [3.05, 3.63) is 47.1 Å². The average molecular weight is 329 g/mol. The van der Waals surface area contributed by atoms with Crippen molar-refractivity contribution in [2.24, 2.45) is 0 Å². The Bertz CT molecular complexity index is 718. The molecule has 0 aliphatic heterocycles. The largest absolute Gasteiger partial charge is 0.478 e. The number of nitrogens with zero attached hydrogens (tertiary/aromatic N) is 2. The lowest BCUT2D eigenvalue weighted by molar-refractivity contribution is 0.0696. The van der Waals surface area contributed by atoms with Crippen molar-refractivity contribution >= 4 is 5.97 Å². The highest BCUT2D eigenvalue weighted by molar-refractivity contribution is 5.87. The zero-order valence-electron chi connectivity index (χ0n) is 14.1. The van der Waals surface area contributed by atoms with Gasteiger partial charge in [0.2, 0.25) is 5.89 Å². The van der Waals surface area contributed by atoms with Gasteiger partial charge in [-0.15, -0.1) is 0 Å². The summed E-state index contributed by atoms with van der Waals surface area (Å²) in [7, 11) is 0. The van der Waals surface area contributed by atoms with Gasteiger partial charge >= 0.3 is 5.97 Å². The molecule has 0 spiro atoms. The third-order valence-electron chi connectivity index (χ3n) is 4.63. The molecule has 0 saturated heterocycles. The van der Waals surface area contributed by atoms with Crippen LogP contribution in [0.25, 0.3) is 0 Å². The van der Waals surface area contributed by atoms with E-state index in [1.54, 1.807) is 18.2 Å². The second kappa shape index (κ2) is 6.73. The Morgan fingerprint density at radius 2 is 2.12 bits per heavy atom. The molecule has 0 atom stereocenters. The number of nitrogens with one attached hydrogen (secondary N) is 1. The topological polar surface area (TPSA) is 88.2 Å². The molecule has 1 aliphatic rings. The summed E-state index contributed by atoms with van der Waals surface area (Å²) in [5, 5.41) is 16.9. The smallest absolute Gasteiger partial charge is 0.335 e. The normalized spacial score (nSPS) is 16.6. The number of carboxylic acid groups (broad SMARTS) is 1. The summed E-state index contributed by atoms with van der Waals surface area (Å²) in [6.07, 6.45) is 4.16. The van der Waals surface area contributed by atoms with Gasteiger partial charge in [0.1, 0.15) is 0 Å². The van der Waals surface area contributed by atoms with Crippen LogP contribution < -0.4 is 5.32 Å². The number of carboxylic acids is 1. The van der Waals surface area contributed by atoms with Crippen molar-refractivity contribution in [1.29, 1.82) is 0 Å². The van der Waals surface area contributed by atoms with Gasteiger partial charge in [-0.25, -0.2) is 4.79 Å². The zero-order valence-corrected chi connectivity index (χ0v) is 14.1. The van der Waals surface area contributed by atoms with Crippen molar-refractivity contribution in [1.82, 2.24) is 15.5 Å². The van der Waals surface area contributed by atoms with Gasteiger partial charge in [0, 0.05) is 12.5 Å². The van der Waals surface area contributed by atoms with Crippen LogP contribution in [-0.4, -0.2) is 21.2 Å². The van der Waals surface area contributed by atoms with Crippen LogP contribution >= 0.6 is 0 Å². The van der Waals surface area contributed by atoms with E-state index in [-0.39, 0.29) is 11.5 Å². The van der Waals surface area contributed by atoms with Crippen LogP contribution in [0.3, 0.4) is 0 Å². The predicted molar refractivity (Wildman–Crippen MR) is 88.8 cm³/mol. The van der Waals surface area contributed by atoms with Crippen molar-refractivity contribution < 1.29 is 14.4 Å². The highest BCUT2D eigenvalue weighted by atomic mass is 16.5. The first-order chi connectivity index (χ1) is 11.5. The van der Waals surface area contributed by atoms with Crippen LogP contribution in [0.1, 0.15) is 73.1 Å². The molecule has 0 radical (unpaired) electrons. The van der Waals surface area contributed by atoms with Gasteiger partial charge in [-0.3, -0.25) is 0 Å². The van der Waals surface area contributed by atoms with E-state index in [0.29, 0.717) is 18.0 Å². The minimum Gasteiger partial charge on any atom is -0.478 e. The molecule has 1 aliphatic carbocycles. The van der Waals surface area contributed by atoms with Gasteiger partial charge in [0.05, 0.1) is 11.1 Å². The fourth-order valence-electron chi connectivity index (χ4n) is 3.21. The van der Waals surface area contributed by atoms with Gasteiger partial charge in [0.15, 0.2) is 5.82 Å². The van der Waals surface area contributed by atoms with Crippen molar-refractivity contribution in [2.75, 3.05) is 0 Å². The molecule has 24 heavy (non-hydrogen) atoms. The van der Waals surface area contributed by atoms with Crippen molar-refractivity contribution in [3.8, 4) is 0 Å². The number of aromatic carboxylic acids is 1. The van der Waals surface area contributed by atoms with Crippen LogP contribution in [0.2, 0.25) is 0 Å². The highest BCUT2D eigenvalue weighted by Crippen LogP contribution is 2.38. The van der Waals surface area contributed by atoms with Gasteiger partial charge < -0.3 is 14.9 Å². The molecule has 0 amide bonds. The number of aromatic nitrogens is 2. The monoisotopic (exact) mass is 329 g/mol. The first-order valence-corrected chi connectivity index (χ1v) is 8.41. The lowest BCUT2D eigenvalue weighted by atomic mass is 9.96. The number of benzene rings is 1. The Morgan fingerprint density at radius 3 is 2.75 bits per heavy atom. The van der Waals surface area contributed by atoms with Gasteiger partial charge in [-0.1, -0.05) is 44.0 Å². The van der Waals surface area contributed by atoms with Gasteiger partial charge in [-0.2, -0.15) is 4.98 Å². The van der Waals surface area contributed by atoms with Crippen LogP contribution in [0, 0.1) is 0 Å². The maximum absolute atomic E-state index is 11.1. The summed E-state index contributed by atoms with van der Waals surface area (Å²) >= 11 is 0. The predicted octanol–water partition coefficient (Wildman–Crippen LogP) is 3.45. The molecule has 1 saturated carbocycles. The molecule has 6 heteroatoms. The molecule has 1 aromatic heterocycles. The third kappa shape index (κ3) is 3.33. The minimum absolute atomic E-state index is 0.206. The molecule has 6 nitrogen and oxygen atoms in total. The molecule has 3 rings (SSSR count). The molecule has 1 heterocycles. The number of hydrogen-bond acceptors (Lipinski definition) is 5. The first-order valence-electron chi connectivity index (χ1n) is 8.41. The molecular formula is C18H23N3O3. The Morgan fingerprint density at radius 1 is 1.38 bits per heavy atom. The maximum atomic E-state index is 11.1. The lowest BCUT2D eigenvalue weighted by Gasteiger charge is -2.27. The standard InChI is InChI=1S/C18H23N3O3/c1-12(2)15-20-17(21-24-15)18(8-3-4-9-18)19-11-13-6-5-7-14(10-13)16(22)23/h5-7,10,12,19H,3-4,8-9,11H2,1-2H3,(H,22,23). The van der Waals surface area contributed by atoms with E-state index in [4.69, 9.17) is 9.63 Å². The van der Waals surface area contributed by atoms with E-state index in [0.717, 1.165) is 37.1 Å². The Labute approximate surface area is 141 Å². The third-order valence-corrected chi connectivity index (χ3v) is 4.63. The summed E-state index contributed by atoms with van der Waals surface area (Å²) < 4.78 is 5.39. The van der Waals surface area contributed by atoms with E-state index in [1.807, 2.05) is 19.9 Å². The highest BCUT2D eigenvalue weighted by Gasteiger charge is 2.39. The summed E-state index contributed by atoms with van der Waals surface area (Å²) in [5.74, 6) is 0.674. The van der Waals surface area contributed by atoms with E-state index in [9.17, 15) is 4.79 Å². The molecular weight excluding hydrogens is 306 g/mol. The molecule has 1 aromatic carbocycles. The van der Waals surface area contributed by atoms with Crippen LogP contribution in [0.15, 0.2) is 28.8 Å². The van der Waals surface area contributed by atoms with E-state index in [2.05, 4.69) is 15.5 Å². The molecule has 2 aromatic rings. The second-order valence-electron chi connectivity index (χ2n) is 6.76. The minimum atomic E-state index is -0.910. The molecule has 128 valence electrons. The maximum Gasteiger partial charge on any atom is 0.335 e. The van der Waals surface area contributed by atoms with Crippen molar-refractivity contribution in [3.63, 3.8) is 0 Å². The quantitative estimate of drug-likeness (QED) is 0.844. The Kier molecular flexibility index (Phi) is 4.66. The SMILES string of the molecule is CC(C)c1nc(C2(NCc3cccc(C(=O)O)c3)CCCC2)no1. The number of hydrogen-bond donors (Lipinski definition) is 2. The second-order valence-corrected chi connectivity index (χ2v) is 6.76. The van der Waals surface area contributed by atoms with Crippen LogP contribution in [0.5, 0.6) is 0 Å². The fourth-order valence-corrected chi connectivity index (χ4v) is 3.21. The zero-order chi connectivity index (χ0) is 17.2. The average Bonchev–Trinajstić information content (AvgIpc) is 3.23. The summed E-state index contributed by atoms with van der Waals surface area (Å²) in [4.78, 5) is 15.7. The molecule has 0 unspecified atom stereocenters. The molecule has 2 N–H and O–H groups in total. The van der Waals surface area contributed by atoms with Crippen LogP contribution in [-0.2, 0) is 12.1 Å². The molecule has 1 fully saturated rings. The van der Waals surface area contributed by atoms with E-state index in [1.165, 1.54) is 0 Å². The van der Waals surface area contributed by atoms with Gasteiger partial charge in [0.25, 0.3) is 0 Å². The summed E-state index contributed by atoms with van der Waals surface area (Å²) in [6, 6.07) is 7.00. The molecule has 0 bridgehead atoms. The van der Waals surface area contributed by atoms with Gasteiger partial charge in [-0.05, 0) is 30.5 Å².